The topological polar surface area (TPSA) is 32.7 Å². The van der Waals surface area contributed by atoms with Gasteiger partial charge in [-0.25, -0.2) is 0 Å². The minimum absolute atomic E-state index is 0.417. The van der Waals surface area contributed by atoms with Crippen molar-refractivity contribution < 1.29 is 9.84 Å². The summed E-state index contributed by atoms with van der Waals surface area (Å²) < 4.78 is 5.53. The van der Waals surface area contributed by atoms with Gasteiger partial charge in [0.05, 0.1) is 12.7 Å². The first kappa shape index (κ1) is 18.1. The zero-order valence-electron chi connectivity index (χ0n) is 14.0. The summed E-state index contributed by atoms with van der Waals surface area (Å²) in [4.78, 5) is 2.30. The van der Waals surface area contributed by atoms with Crippen LogP contribution in [0.15, 0.2) is 24.3 Å². The molecule has 0 saturated heterocycles. The van der Waals surface area contributed by atoms with E-state index in [1.807, 2.05) is 0 Å². The van der Waals surface area contributed by atoms with Crippen LogP contribution in [-0.2, 0) is 11.3 Å². The SMILES string of the molecule is CCCN(Cc1cccc(C)c1)C[C@H](O)COCC(C)C. The highest BCUT2D eigenvalue weighted by atomic mass is 16.5. The van der Waals surface area contributed by atoms with Gasteiger partial charge in [-0.3, -0.25) is 4.90 Å². The van der Waals surface area contributed by atoms with E-state index in [4.69, 9.17) is 4.74 Å². The lowest BCUT2D eigenvalue weighted by molar-refractivity contribution is 0.00692. The minimum Gasteiger partial charge on any atom is -0.389 e. The maximum Gasteiger partial charge on any atom is 0.0900 e. The van der Waals surface area contributed by atoms with Gasteiger partial charge < -0.3 is 9.84 Å². The third kappa shape index (κ3) is 8.20. The average molecular weight is 293 g/mol. The Morgan fingerprint density at radius 3 is 2.62 bits per heavy atom. The molecule has 1 aromatic carbocycles. The molecule has 1 rings (SSSR count). The van der Waals surface area contributed by atoms with E-state index in [9.17, 15) is 5.11 Å². The summed E-state index contributed by atoms with van der Waals surface area (Å²) in [6.07, 6.45) is 0.672. The molecule has 0 spiro atoms. The molecule has 0 bridgehead atoms. The first-order valence-electron chi connectivity index (χ1n) is 8.05. The van der Waals surface area contributed by atoms with Gasteiger partial charge in [-0.05, 0) is 31.4 Å². The van der Waals surface area contributed by atoms with Gasteiger partial charge in [0.1, 0.15) is 0 Å². The van der Waals surface area contributed by atoms with Crippen LogP contribution in [0.5, 0.6) is 0 Å². The second kappa shape index (κ2) is 9.93. The molecule has 0 fully saturated rings. The zero-order chi connectivity index (χ0) is 15.7. The predicted molar refractivity (Wildman–Crippen MR) is 88.4 cm³/mol. The van der Waals surface area contributed by atoms with E-state index < -0.39 is 6.10 Å². The molecule has 0 aliphatic heterocycles. The van der Waals surface area contributed by atoms with Gasteiger partial charge in [0.2, 0.25) is 0 Å². The minimum atomic E-state index is -0.417. The fourth-order valence-electron chi connectivity index (χ4n) is 2.41. The Labute approximate surface area is 129 Å². The molecule has 0 saturated carbocycles. The zero-order valence-corrected chi connectivity index (χ0v) is 14.0. The van der Waals surface area contributed by atoms with E-state index in [1.54, 1.807) is 0 Å². The second-order valence-electron chi connectivity index (χ2n) is 6.31. The Hall–Kier alpha value is -0.900. The molecule has 120 valence electrons. The summed E-state index contributed by atoms with van der Waals surface area (Å²) in [6, 6.07) is 8.57. The molecule has 1 N–H and O–H groups in total. The first-order valence-corrected chi connectivity index (χ1v) is 8.05. The second-order valence-corrected chi connectivity index (χ2v) is 6.31. The quantitative estimate of drug-likeness (QED) is 0.719. The van der Waals surface area contributed by atoms with Crippen LogP contribution in [0.1, 0.15) is 38.3 Å². The normalized spacial score (nSPS) is 13.1. The fraction of sp³-hybridized carbons (Fsp3) is 0.667. The van der Waals surface area contributed by atoms with Gasteiger partial charge >= 0.3 is 0 Å². The van der Waals surface area contributed by atoms with Crippen molar-refractivity contribution in [1.82, 2.24) is 4.90 Å². The summed E-state index contributed by atoms with van der Waals surface area (Å²) in [5, 5.41) is 10.1. The number of ether oxygens (including phenoxy) is 1. The number of aliphatic hydroxyl groups excluding tert-OH is 1. The van der Waals surface area contributed by atoms with Gasteiger partial charge in [-0.1, -0.05) is 50.6 Å². The highest BCUT2D eigenvalue weighted by Crippen LogP contribution is 2.09. The molecule has 3 heteroatoms. The largest absolute Gasteiger partial charge is 0.389 e. The van der Waals surface area contributed by atoms with Crippen molar-refractivity contribution >= 4 is 0 Å². The molecule has 0 aromatic heterocycles. The highest BCUT2D eigenvalue weighted by molar-refractivity contribution is 5.22. The van der Waals surface area contributed by atoms with Crippen molar-refractivity contribution in [3.05, 3.63) is 35.4 Å². The van der Waals surface area contributed by atoms with Crippen LogP contribution in [-0.4, -0.2) is 42.4 Å². The number of hydrogen-bond acceptors (Lipinski definition) is 3. The summed E-state index contributed by atoms with van der Waals surface area (Å²) in [7, 11) is 0. The van der Waals surface area contributed by atoms with E-state index in [1.165, 1.54) is 11.1 Å². The van der Waals surface area contributed by atoms with Crippen LogP contribution in [0, 0.1) is 12.8 Å². The Balaban J connectivity index is 2.45. The number of benzene rings is 1. The molecular formula is C18H31NO2. The van der Waals surface area contributed by atoms with Crippen LogP contribution < -0.4 is 0 Å². The van der Waals surface area contributed by atoms with Crippen LogP contribution in [0.2, 0.25) is 0 Å². The maximum absolute atomic E-state index is 10.1. The smallest absolute Gasteiger partial charge is 0.0900 e. The van der Waals surface area contributed by atoms with E-state index in [0.717, 1.165) is 19.5 Å². The van der Waals surface area contributed by atoms with Crippen LogP contribution in [0.4, 0.5) is 0 Å². The van der Waals surface area contributed by atoms with Crippen molar-refractivity contribution in [2.45, 2.75) is 46.8 Å². The summed E-state index contributed by atoms with van der Waals surface area (Å²) in [5.41, 5.74) is 2.59. The molecular weight excluding hydrogens is 262 g/mol. The van der Waals surface area contributed by atoms with Crippen LogP contribution >= 0.6 is 0 Å². The van der Waals surface area contributed by atoms with Crippen molar-refractivity contribution in [2.24, 2.45) is 5.92 Å². The fourth-order valence-corrected chi connectivity index (χ4v) is 2.41. The van der Waals surface area contributed by atoms with Crippen molar-refractivity contribution in [2.75, 3.05) is 26.3 Å². The van der Waals surface area contributed by atoms with E-state index in [-0.39, 0.29) is 0 Å². The number of nitrogens with zero attached hydrogens (tertiary/aromatic N) is 1. The van der Waals surface area contributed by atoms with Crippen LogP contribution in [0.25, 0.3) is 0 Å². The monoisotopic (exact) mass is 293 g/mol. The van der Waals surface area contributed by atoms with Gasteiger partial charge in [0.25, 0.3) is 0 Å². The average Bonchev–Trinajstić information content (AvgIpc) is 2.38. The Kier molecular flexibility index (Phi) is 8.58. The number of aryl methyl sites for hydroxylation is 1. The lowest BCUT2D eigenvalue weighted by Crippen LogP contribution is -2.35. The van der Waals surface area contributed by atoms with Crippen molar-refractivity contribution in [3.8, 4) is 0 Å². The molecule has 0 radical (unpaired) electrons. The molecule has 1 aromatic rings. The molecule has 0 aliphatic carbocycles. The predicted octanol–water partition coefficient (Wildman–Crippen LogP) is 3.24. The maximum atomic E-state index is 10.1. The number of hydrogen-bond donors (Lipinski definition) is 1. The summed E-state index contributed by atoms with van der Waals surface area (Å²) in [6.45, 7) is 12.2. The molecule has 0 unspecified atom stereocenters. The molecule has 3 nitrogen and oxygen atoms in total. The Bertz CT molecular complexity index is 393. The number of aliphatic hydroxyl groups is 1. The highest BCUT2D eigenvalue weighted by Gasteiger charge is 2.12. The third-order valence-corrected chi connectivity index (χ3v) is 3.26. The molecule has 0 amide bonds. The van der Waals surface area contributed by atoms with Gasteiger partial charge in [0, 0.05) is 19.7 Å². The lowest BCUT2D eigenvalue weighted by Gasteiger charge is -2.25. The molecule has 1 atom stereocenters. The van der Waals surface area contributed by atoms with Gasteiger partial charge in [0.15, 0.2) is 0 Å². The lowest BCUT2D eigenvalue weighted by atomic mass is 10.1. The van der Waals surface area contributed by atoms with Crippen molar-refractivity contribution in [3.63, 3.8) is 0 Å². The van der Waals surface area contributed by atoms with E-state index in [2.05, 4.69) is 56.9 Å². The first-order chi connectivity index (χ1) is 10.0. The van der Waals surface area contributed by atoms with Crippen molar-refractivity contribution in [1.29, 1.82) is 0 Å². The molecule has 0 aliphatic rings. The van der Waals surface area contributed by atoms with Gasteiger partial charge in [-0.15, -0.1) is 0 Å². The Morgan fingerprint density at radius 1 is 1.24 bits per heavy atom. The summed E-state index contributed by atoms with van der Waals surface area (Å²) >= 11 is 0. The standard InChI is InChI=1S/C18H31NO2/c1-5-9-19(11-17-8-6-7-16(4)10-17)12-18(20)14-21-13-15(2)3/h6-8,10,15,18,20H,5,9,11-14H2,1-4H3/t18-/m0/s1. The number of rotatable bonds is 10. The third-order valence-electron chi connectivity index (χ3n) is 3.26. The van der Waals surface area contributed by atoms with E-state index in [0.29, 0.717) is 25.7 Å². The van der Waals surface area contributed by atoms with E-state index >= 15 is 0 Å². The molecule has 0 heterocycles. The Morgan fingerprint density at radius 2 is 2.00 bits per heavy atom. The van der Waals surface area contributed by atoms with Crippen LogP contribution in [0.3, 0.4) is 0 Å². The van der Waals surface area contributed by atoms with Gasteiger partial charge in [-0.2, -0.15) is 0 Å². The molecule has 21 heavy (non-hydrogen) atoms. The summed E-state index contributed by atoms with van der Waals surface area (Å²) in [5.74, 6) is 0.510.